The van der Waals surface area contributed by atoms with Crippen molar-refractivity contribution in [3.8, 4) is 33.4 Å². The minimum Gasteiger partial charge on any atom is -0.261 e. The van der Waals surface area contributed by atoms with Gasteiger partial charge in [-0.05, 0) is 68.9 Å². The summed E-state index contributed by atoms with van der Waals surface area (Å²) < 4.78 is 0. The molecular formula is C43H35N3. The fourth-order valence-corrected chi connectivity index (χ4v) is 6.44. The zero-order valence-corrected chi connectivity index (χ0v) is 26.2. The number of benzene rings is 6. The monoisotopic (exact) mass is 593 g/mol. The zero-order valence-electron chi connectivity index (χ0n) is 26.2. The summed E-state index contributed by atoms with van der Waals surface area (Å²) >= 11 is 0. The molecule has 0 saturated carbocycles. The molecule has 0 aliphatic heterocycles. The van der Waals surface area contributed by atoms with Crippen LogP contribution in [0.15, 0.2) is 167 Å². The number of nitrogens with zero attached hydrogens (tertiary/aromatic N) is 3. The lowest BCUT2D eigenvalue weighted by atomic mass is 9.82. The second-order valence-corrected chi connectivity index (χ2v) is 12.2. The SMILES string of the molecule is C=NC(=NC(=NCc1ccc2c(c1)C(C)(C)c1ccccc1-2)c1cccc(-c2ccccc2)c1)c1cccc(-c2ccccc2)c1. The van der Waals surface area contributed by atoms with Gasteiger partial charge in [0.05, 0.1) is 6.54 Å². The molecule has 1 aliphatic rings. The lowest BCUT2D eigenvalue weighted by molar-refractivity contribution is 0.659. The van der Waals surface area contributed by atoms with E-state index in [9.17, 15) is 0 Å². The van der Waals surface area contributed by atoms with E-state index in [1.165, 1.54) is 22.3 Å². The molecule has 7 rings (SSSR count). The van der Waals surface area contributed by atoms with E-state index in [0.717, 1.165) is 38.9 Å². The molecule has 46 heavy (non-hydrogen) atoms. The third-order valence-corrected chi connectivity index (χ3v) is 8.88. The molecule has 0 radical (unpaired) electrons. The van der Waals surface area contributed by atoms with Crippen molar-refractivity contribution in [2.75, 3.05) is 0 Å². The van der Waals surface area contributed by atoms with Gasteiger partial charge in [-0.2, -0.15) is 0 Å². The Morgan fingerprint density at radius 3 is 1.70 bits per heavy atom. The summed E-state index contributed by atoms with van der Waals surface area (Å²) in [5.41, 5.74) is 12.7. The van der Waals surface area contributed by atoms with Gasteiger partial charge in [0.25, 0.3) is 0 Å². The molecule has 6 aromatic carbocycles. The van der Waals surface area contributed by atoms with E-state index in [-0.39, 0.29) is 5.41 Å². The van der Waals surface area contributed by atoms with Crippen molar-refractivity contribution in [1.29, 1.82) is 0 Å². The predicted octanol–water partition coefficient (Wildman–Crippen LogP) is 10.4. The topological polar surface area (TPSA) is 37.1 Å². The lowest BCUT2D eigenvalue weighted by Crippen LogP contribution is -2.15. The summed E-state index contributed by atoms with van der Waals surface area (Å²) in [4.78, 5) is 14.6. The lowest BCUT2D eigenvalue weighted by Gasteiger charge is -2.21. The van der Waals surface area contributed by atoms with Crippen molar-refractivity contribution in [3.05, 3.63) is 179 Å². The molecule has 0 amide bonds. The standard InChI is InChI=1S/C43H35N3/c1-43(2)39-23-11-10-22-37(39)38-25-24-30(26-40(38)43)29-45-42(36-21-13-19-34(28-36)32-16-8-5-9-17-32)46-41(44-3)35-20-12-18-33(27-35)31-14-6-4-7-15-31/h4-28H,3,29H2,1-2H3. The Hall–Kier alpha value is -5.67. The molecule has 0 atom stereocenters. The van der Waals surface area contributed by atoms with Crippen LogP contribution in [0.4, 0.5) is 0 Å². The summed E-state index contributed by atoms with van der Waals surface area (Å²) in [6.45, 7) is 9.01. The highest BCUT2D eigenvalue weighted by molar-refractivity contribution is 6.13. The Kier molecular flexibility index (Phi) is 7.82. The Labute approximate surface area is 271 Å². The van der Waals surface area contributed by atoms with Gasteiger partial charge < -0.3 is 0 Å². The smallest absolute Gasteiger partial charge is 0.161 e. The molecular weight excluding hydrogens is 558 g/mol. The molecule has 1 aliphatic carbocycles. The molecule has 0 aromatic heterocycles. The second kappa shape index (κ2) is 12.4. The van der Waals surface area contributed by atoms with E-state index in [4.69, 9.17) is 9.98 Å². The fraction of sp³-hybridized carbons (Fsp3) is 0.0930. The van der Waals surface area contributed by atoms with Crippen LogP contribution in [-0.2, 0) is 12.0 Å². The van der Waals surface area contributed by atoms with Crippen LogP contribution < -0.4 is 0 Å². The van der Waals surface area contributed by atoms with Crippen LogP contribution in [-0.4, -0.2) is 18.4 Å². The summed E-state index contributed by atoms with van der Waals surface area (Å²) in [6, 6.07) is 52.9. The second-order valence-electron chi connectivity index (χ2n) is 12.2. The van der Waals surface area contributed by atoms with Crippen LogP contribution in [0.1, 0.15) is 41.7 Å². The van der Waals surface area contributed by atoms with E-state index in [0.29, 0.717) is 18.2 Å². The molecule has 0 fully saturated rings. The quantitative estimate of drug-likeness (QED) is 0.136. The minimum absolute atomic E-state index is 0.0691. The van der Waals surface area contributed by atoms with Crippen LogP contribution in [0, 0.1) is 0 Å². The summed E-state index contributed by atoms with van der Waals surface area (Å²) in [6.07, 6.45) is 0. The first-order valence-electron chi connectivity index (χ1n) is 15.7. The highest BCUT2D eigenvalue weighted by atomic mass is 15.0. The van der Waals surface area contributed by atoms with Crippen molar-refractivity contribution < 1.29 is 0 Å². The van der Waals surface area contributed by atoms with E-state index >= 15 is 0 Å². The Balaban J connectivity index is 1.30. The Morgan fingerprint density at radius 2 is 1.07 bits per heavy atom. The highest BCUT2D eigenvalue weighted by Gasteiger charge is 2.35. The number of amidine groups is 2. The first-order chi connectivity index (χ1) is 22.5. The molecule has 0 heterocycles. The van der Waals surface area contributed by atoms with Gasteiger partial charge in [-0.15, -0.1) is 0 Å². The van der Waals surface area contributed by atoms with Gasteiger partial charge >= 0.3 is 0 Å². The van der Waals surface area contributed by atoms with Crippen LogP contribution in [0.5, 0.6) is 0 Å². The maximum Gasteiger partial charge on any atom is 0.161 e. The molecule has 0 N–H and O–H groups in total. The van der Waals surface area contributed by atoms with Crippen LogP contribution in [0.2, 0.25) is 0 Å². The van der Waals surface area contributed by atoms with Crippen molar-refractivity contribution in [2.24, 2.45) is 15.0 Å². The number of hydrogen-bond donors (Lipinski definition) is 0. The van der Waals surface area contributed by atoms with Crippen LogP contribution >= 0.6 is 0 Å². The molecule has 0 unspecified atom stereocenters. The van der Waals surface area contributed by atoms with Crippen molar-refractivity contribution >= 4 is 18.4 Å². The van der Waals surface area contributed by atoms with Gasteiger partial charge in [0, 0.05) is 16.5 Å². The zero-order chi connectivity index (χ0) is 31.5. The number of rotatable bonds is 6. The average molecular weight is 594 g/mol. The molecule has 3 nitrogen and oxygen atoms in total. The first-order valence-corrected chi connectivity index (χ1v) is 15.7. The summed E-state index contributed by atoms with van der Waals surface area (Å²) in [5, 5.41) is 0. The third kappa shape index (κ3) is 5.64. The maximum atomic E-state index is 5.16. The van der Waals surface area contributed by atoms with E-state index < -0.39 is 0 Å². The summed E-state index contributed by atoms with van der Waals surface area (Å²) in [5.74, 6) is 1.15. The van der Waals surface area contributed by atoms with Crippen molar-refractivity contribution in [2.45, 2.75) is 25.8 Å². The van der Waals surface area contributed by atoms with Gasteiger partial charge in [0.15, 0.2) is 11.7 Å². The van der Waals surface area contributed by atoms with Crippen molar-refractivity contribution in [1.82, 2.24) is 0 Å². The average Bonchev–Trinajstić information content (AvgIpc) is 3.35. The van der Waals surface area contributed by atoms with Gasteiger partial charge in [0.2, 0.25) is 0 Å². The molecule has 0 spiro atoms. The summed E-state index contributed by atoms with van der Waals surface area (Å²) in [7, 11) is 0. The molecule has 0 saturated heterocycles. The molecule has 3 heteroatoms. The van der Waals surface area contributed by atoms with Crippen LogP contribution in [0.3, 0.4) is 0 Å². The number of hydrogen-bond acceptors (Lipinski definition) is 1. The van der Waals surface area contributed by atoms with Crippen molar-refractivity contribution in [3.63, 3.8) is 0 Å². The van der Waals surface area contributed by atoms with E-state index in [1.54, 1.807) is 0 Å². The van der Waals surface area contributed by atoms with Gasteiger partial charge in [-0.1, -0.05) is 153 Å². The van der Waals surface area contributed by atoms with E-state index in [2.05, 4.69) is 141 Å². The fourth-order valence-electron chi connectivity index (χ4n) is 6.44. The number of fused-ring (bicyclic) bond motifs is 3. The normalized spacial score (nSPS) is 13.6. The molecule has 6 aromatic rings. The number of aliphatic imine (C=N–C) groups is 3. The first kappa shape index (κ1) is 29.1. The minimum atomic E-state index is -0.0691. The molecule has 222 valence electrons. The predicted molar refractivity (Wildman–Crippen MR) is 194 cm³/mol. The van der Waals surface area contributed by atoms with Crippen LogP contribution in [0.25, 0.3) is 33.4 Å². The van der Waals surface area contributed by atoms with E-state index in [1.807, 2.05) is 36.4 Å². The highest BCUT2D eigenvalue weighted by Crippen LogP contribution is 2.48. The van der Waals surface area contributed by atoms with Gasteiger partial charge in [-0.25, -0.2) is 9.98 Å². The largest absolute Gasteiger partial charge is 0.261 e. The van der Waals surface area contributed by atoms with Gasteiger partial charge in [0.1, 0.15) is 0 Å². The maximum absolute atomic E-state index is 5.16. The molecule has 0 bridgehead atoms. The van der Waals surface area contributed by atoms with Gasteiger partial charge in [-0.3, -0.25) is 4.99 Å². The third-order valence-electron chi connectivity index (χ3n) is 8.88. The Morgan fingerprint density at radius 1 is 0.522 bits per heavy atom. The Bertz CT molecular complexity index is 2100.